The van der Waals surface area contributed by atoms with Gasteiger partial charge in [-0.3, -0.25) is 0 Å². The number of carbonyl (C=O) groups is 1. The molecule has 9 nitrogen and oxygen atoms in total. The zero-order chi connectivity index (χ0) is 33.6. The van der Waals surface area contributed by atoms with E-state index in [1.165, 1.54) is 17.3 Å². The second-order valence-corrected chi connectivity index (χ2v) is 15.3. The Bertz CT molecular complexity index is 2030. The van der Waals surface area contributed by atoms with Gasteiger partial charge in [0.2, 0.25) is 5.88 Å². The van der Waals surface area contributed by atoms with E-state index in [1.54, 1.807) is 11.6 Å². The molecule has 0 spiro atoms. The number of aromatic nitrogens is 2. The molecule has 2 amide bonds. The molecule has 8 rings (SSSR count). The number of aliphatic hydroxyl groups excluding tert-OH is 1. The lowest BCUT2D eigenvalue weighted by atomic mass is 9.78. The number of hydrogen-bond donors (Lipinski definition) is 3. The number of amides is 2. The zero-order valence-corrected chi connectivity index (χ0v) is 28.2. The van der Waals surface area contributed by atoms with Gasteiger partial charge in [-0.1, -0.05) is 97.1 Å². The Hall–Kier alpha value is -4.77. The number of rotatable bonds is 8. The summed E-state index contributed by atoms with van der Waals surface area (Å²) in [6.07, 6.45) is 7.27. The van der Waals surface area contributed by atoms with Crippen LogP contribution in [0.5, 0.6) is 5.88 Å². The van der Waals surface area contributed by atoms with Crippen molar-refractivity contribution in [3.05, 3.63) is 142 Å². The van der Waals surface area contributed by atoms with E-state index >= 15 is 4.21 Å². The number of hydrogen-bond acceptors (Lipinski definition) is 5. The Labute approximate surface area is 286 Å². The SMILES string of the molecule is CC1(CO)Cn2ncc(S(=O)(=NC(=O)Nc3c4c(cc5c3CCC5)CCC4)NC(c3ccccc3)(c3ccccc3)c3ccccc3)c2O1. The molecule has 49 heavy (non-hydrogen) atoms. The van der Waals surface area contributed by atoms with Crippen molar-refractivity contribution in [3.8, 4) is 5.88 Å². The van der Waals surface area contributed by atoms with Crippen LogP contribution >= 0.6 is 0 Å². The lowest BCUT2D eigenvalue weighted by Crippen LogP contribution is -2.48. The van der Waals surface area contributed by atoms with Gasteiger partial charge in [0.15, 0.2) is 15.5 Å². The van der Waals surface area contributed by atoms with Crippen molar-refractivity contribution in [1.29, 1.82) is 0 Å². The molecule has 2 aliphatic carbocycles. The van der Waals surface area contributed by atoms with Gasteiger partial charge >= 0.3 is 6.03 Å². The molecular formula is C39H39N5O4S. The van der Waals surface area contributed by atoms with Crippen molar-refractivity contribution < 1.29 is 18.8 Å². The lowest BCUT2D eigenvalue weighted by Gasteiger charge is -2.37. The average molecular weight is 674 g/mol. The van der Waals surface area contributed by atoms with Crippen LogP contribution in [0.2, 0.25) is 0 Å². The monoisotopic (exact) mass is 673 g/mol. The predicted molar refractivity (Wildman–Crippen MR) is 189 cm³/mol. The summed E-state index contributed by atoms with van der Waals surface area (Å²) >= 11 is 0. The van der Waals surface area contributed by atoms with E-state index in [9.17, 15) is 9.90 Å². The fraction of sp³-hybridized carbons (Fsp3) is 0.282. The second-order valence-electron chi connectivity index (χ2n) is 13.4. The molecule has 250 valence electrons. The second kappa shape index (κ2) is 12.3. The van der Waals surface area contributed by atoms with Gasteiger partial charge in [0.1, 0.15) is 10.4 Å². The van der Waals surface area contributed by atoms with Gasteiger partial charge in [-0.15, -0.1) is 4.36 Å². The van der Waals surface area contributed by atoms with Crippen molar-refractivity contribution in [1.82, 2.24) is 14.5 Å². The third-order valence-electron chi connectivity index (χ3n) is 10.0. The first-order valence-corrected chi connectivity index (χ1v) is 18.4. The maximum atomic E-state index is 16.0. The van der Waals surface area contributed by atoms with Crippen LogP contribution in [0.25, 0.3) is 0 Å². The first-order valence-electron chi connectivity index (χ1n) is 16.9. The molecule has 1 aromatic heterocycles. The van der Waals surface area contributed by atoms with Crippen LogP contribution in [0.4, 0.5) is 10.5 Å². The highest BCUT2D eigenvalue weighted by Crippen LogP contribution is 2.42. The number of aryl methyl sites for hydroxylation is 2. The number of anilines is 1. The van der Waals surface area contributed by atoms with Crippen molar-refractivity contribution >= 4 is 21.6 Å². The minimum atomic E-state index is -3.88. The van der Waals surface area contributed by atoms with Crippen LogP contribution in [0.3, 0.4) is 0 Å². The van der Waals surface area contributed by atoms with Gasteiger partial charge in [0.25, 0.3) is 0 Å². The average Bonchev–Trinajstić information content (AvgIpc) is 3.93. The number of urea groups is 1. The predicted octanol–water partition coefficient (Wildman–Crippen LogP) is 6.56. The molecule has 2 atom stereocenters. The summed E-state index contributed by atoms with van der Waals surface area (Å²) in [5, 5.41) is 17.8. The summed E-state index contributed by atoms with van der Waals surface area (Å²) in [6, 6.07) is 30.9. The van der Waals surface area contributed by atoms with Crippen LogP contribution in [-0.4, -0.2) is 37.3 Å². The maximum absolute atomic E-state index is 16.0. The molecule has 5 aromatic rings. The van der Waals surface area contributed by atoms with Crippen LogP contribution in [0.1, 0.15) is 58.7 Å². The summed E-state index contributed by atoms with van der Waals surface area (Å²) in [7, 11) is -3.88. The van der Waals surface area contributed by atoms with E-state index in [4.69, 9.17) is 4.74 Å². The van der Waals surface area contributed by atoms with E-state index in [2.05, 4.69) is 25.6 Å². The van der Waals surface area contributed by atoms with E-state index in [0.717, 1.165) is 72.0 Å². The van der Waals surface area contributed by atoms with Gasteiger partial charge < -0.3 is 15.2 Å². The standard InChI is InChI=1S/C39H39N5O4S/c1-38(26-45)25-44-36(48-38)34(24-40-44)49(47,42-37(46)41-35-32-21-11-13-27(32)23-28-14-12-22-33(28)35)43-39(29-15-5-2-6-16-29,30-17-7-3-8-18-30)31-19-9-4-10-20-31/h2-10,15-20,23-24,45H,11-14,21-22,25-26H2,1H3,(H2,41,42,43,46,47). The molecule has 0 saturated heterocycles. The van der Waals surface area contributed by atoms with Crippen molar-refractivity contribution in [3.63, 3.8) is 0 Å². The fourth-order valence-electron chi connectivity index (χ4n) is 7.72. The summed E-state index contributed by atoms with van der Waals surface area (Å²) < 4.78 is 31.9. The van der Waals surface area contributed by atoms with E-state index in [1.807, 2.05) is 91.0 Å². The third-order valence-corrected chi connectivity index (χ3v) is 11.9. The number of nitrogens with zero attached hydrogens (tertiary/aromatic N) is 3. The quantitative estimate of drug-likeness (QED) is 0.161. The highest BCUT2D eigenvalue weighted by molar-refractivity contribution is 7.92. The molecule has 10 heteroatoms. The molecule has 0 radical (unpaired) electrons. The third kappa shape index (κ3) is 5.44. The van der Waals surface area contributed by atoms with Gasteiger partial charge in [0.05, 0.1) is 19.3 Å². The van der Waals surface area contributed by atoms with Crippen LogP contribution < -0.4 is 14.8 Å². The van der Waals surface area contributed by atoms with E-state index in [0.29, 0.717) is 0 Å². The Morgan fingerprint density at radius 3 is 1.94 bits per heavy atom. The smallest absolute Gasteiger partial charge is 0.354 e. The molecule has 1 aliphatic heterocycles. The Balaban J connectivity index is 1.34. The highest BCUT2D eigenvalue weighted by Gasteiger charge is 2.44. The summed E-state index contributed by atoms with van der Waals surface area (Å²) in [6.45, 7) is 1.75. The number of aliphatic hydroxyl groups is 1. The number of carbonyl (C=O) groups excluding carboxylic acids is 1. The molecule has 2 heterocycles. The van der Waals surface area contributed by atoms with Gasteiger partial charge in [-0.05, 0) is 84.4 Å². The summed E-state index contributed by atoms with van der Waals surface area (Å²) in [5.41, 5.74) is 5.90. The van der Waals surface area contributed by atoms with Gasteiger partial charge in [-0.25, -0.2) is 18.4 Å². The molecule has 4 aromatic carbocycles. The molecule has 3 N–H and O–H groups in total. The molecule has 0 fully saturated rings. The highest BCUT2D eigenvalue weighted by atomic mass is 32.2. The Morgan fingerprint density at radius 1 is 0.898 bits per heavy atom. The normalized spacial score (nSPS) is 19.0. The van der Waals surface area contributed by atoms with Gasteiger partial charge in [-0.2, -0.15) is 5.10 Å². The molecular weight excluding hydrogens is 635 g/mol. The minimum Gasteiger partial charge on any atom is -0.466 e. The fourth-order valence-corrected chi connectivity index (χ4v) is 9.59. The topological polar surface area (TPSA) is 118 Å². The summed E-state index contributed by atoms with van der Waals surface area (Å²) in [5.74, 6) is 0.204. The minimum absolute atomic E-state index is 0.135. The number of fused-ring (bicyclic) bond motifs is 3. The van der Waals surface area contributed by atoms with E-state index in [-0.39, 0.29) is 23.9 Å². The first kappa shape index (κ1) is 31.5. The largest absolute Gasteiger partial charge is 0.466 e. The van der Waals surface area contributed by atoms with E-state index < -0.39 is 27.1 Å². The first-order chi connectivity index (χ1) is 23.8. The number of ether oxygens (including phenoxy) is 1. The van der Waals surface area contributed by atoms with Crippen molar-refractivity contribution in [2.24, 2.45) is 4.36 Å². The molecule has 0 saturated carbocycles. The maximum Gasteiger partial charge on any atom is 0.354 e. The molecule has 0 bridgehead atoms. The van der Waals surface area contributed by atoms with Crippen molar-refractivity contribution in [2.45, 2.75) is 68.0 Å². The zero-order valence-electron chi connectivity index (χ0n) is 27.4. The number of benzene rings is 4. The molecule has 2 unspecified atom stereocenters. The van der Waals surface area contributed by atoms with Gasteiger partial charge in [0, 0.05) is 5.69 Å². The van der Waals surface area contributed by atoms with Crippen LogP contribution in [0.15, 0.2) is 113 Å². The van der Waals surface area contributed by atoms with Crippen LogP contribution in [-0.2, 0) is 47.7 Å². The number of nitrogens with one attached hydrogen (secondary N) is 2. The van der Waals surface area contributed by atoms with Crippen molar-refractivity contribution in [2.75, 3.05) is 11.9 Å². The summed E-state index contributed by atoms with van der Waals surface area (Å²) in [4.78, 5) is 14.4. The Kier molecular flexibility index (Phi) is 7.89. The Morgan fingerprint density at radius 2 is 1.43 bits per heavy atom. The lowest BCUT2D eigenvalue weighted by molar-refractivity contribution is 0.0399. The molecule has 3 aliphatic rings. The van der Waals surface area contributed by atoms with Crippen LogP contribution in [0, 0.1) is 0 Å².